The lowest BCUT2D eigenvalue weighted by atomic mass is 9.97. The van der Waals surface area contributed by atoms with E-state index in [1.54, 1.807) is 11.3 Å². The van der Waals surface area contributed by atoms with Crippen LogP contribution in [0.15, 0.2) is 0 Å². The summed E-state index contributed by atoms with van der Waals surface area (Å²) in [6.07, 6.45) is 3.93. The maximum Gasteiger partial charge on any atom is 0.320 e. The number of likely N-dealkylation sites (tertiary alicyclic amines) is 2. The van der Waals surface area contributed by atoms with Crippen LogP contribution < -0.4 is 5.32 Å². The molecule has 25 heavy (non-hydrogen) atoms. The highest BCUT2D eigenvalue weighted by Crippen LogP contribution is 2.26. The van der Waals surface area contributed by atoms with Crippen molar-refractivity contribution in [3.8, 4) is 0 Å². The van der Waals surface area contributed by atoms with Gasteiger partial charge >= 0.3 is 6.03 Å². The number of carbonyl (C=O) groups excluding carboxylic acids is 2. The van der Waals surface area contributed by atoms with E-state index in [1.807, 2.05) is 30.6 Å². The molecule has 3 amide bonds. The zero-order valence-corrected chi connectivity index (χ0v) is 16.2. The molecule has 0 saturated carbocycles. The lowest BCUT2D eigenvalue weighted by molar-refractivity contribution is -0.127. The highest BCUT2D eigenvalue weighted by Gasteiger charge is 2.32. The molecule has 2 aliphatic heterocycles. The number of hydrogen-bond donors (Lipinski definition) is 1. The van der Waals surface area contributed by atoms with E-state index in [2.05, 4.69) is 10.3 Å². The largest absolute Gasteiger partial charge is 0.348 e. The van der Waals surface area contributed by atoms with Crippen molar-refractivity contribution in [1.29, 1.82) is 0 Å². The van der Waals surface area contributed by atoms with Crippen molar-refractivity contribution >= 4 is 23.3 Å². The molecule has 3 heterocycles. The molecule has 0 spiro atoms. The van der Waals surface area contributed by atoms with Crippen molar-refractivity contribution in [3.05, 3.63) is 15.6 Å². The Bertz CT molecular complexity index is 639. The van der Waals surface area contributed by atoms with Gasteiger partial charge in [0, 0.05) is 31.1 Å². The van der Waals surface area contributed by atoms with Crippen molar-refractivity contribution in [3.63, 3.8) is 0 Å². The number of nitrogens with one attached hydrogen (secondary N) is 1. The third-order valence-corrected chi connectivity index (χ3v) is 6.39. The molecule has 7 heteroatoms. The number of hydrogen-bond acceptors (Lipinski definition) is 4. The summed E-state index contributed by atoms with van der Waals surface area (Å²) in [5.41, 5.74) is 0.991. The molecule has 2 saturated heterocycles. The van der Waals surface area contributed by atoms with Crippen LogP contribution in [0.5, 0.6) is 0 Å². The Morgan fingerprint density at radius 2 is 1.84 bits per heavy atom. The first-order valence-electron chi connectivity index (χ1n) is 9.24. The molecule has 1 N–H and O–H groups in total. The molecule has 2 fully saturated rings. The minimum Gasteiger partial charge on any atom is -0.348 e. The minimum atomic E-state index is -0.114. The average Bonchev–Trinajstić information content (AvgIpc) is 3.23. The molecule has 138 valence electrons. The van der Waals surface area contributed by atoms with Crippen LogP contribution in [-0.2, 0) is 4.79 Å². The van der Waals surface area contributed by atoms with E-state index in [0.717, 1.165) is 60.9 Å². The quantitative estimate of drug-likeness (QED) is 0.897. The molecular weight excluding hydrogens is 336 g/mol. The van der Waals surface area contributed by atoms with E-state index in [-0.39, 0.29) is 23.9 Å². The van der Waals surface area contributed by atoms with Crippen LogP contribution in [0.25, 0.3) is 0 Å². The van der Waals surface area contributed by atoms with Gasteiger partial charge < -0.3 is 15.1 Å². The zero-order valence-electron chi connectivity index (χ0n) is 15.4. The summed E-state index contributed by atoms with van der Waals surface area (Å²) in [7, 11) is 0. The number of urea groups is 1. The first-order chi connectivity index (χ1) is 12.0. The summed E-state index contributed by atoms with van der Waals surface area (Å²) in [6, 6.07) is 0.0698. The number of carbonyl (C=O) groups is 2. The van der Waals surface area contributed by atoms with Gasteiger partial charge in [-0.15, -0.1) is 11.3 Å². The number of nitrogens with zero attached hydrogens (tertiary/aromatic N) is 3. The number of piperidine rings is 1. The van der Waals surface area contributed by atoms with E-state index in [9.17, 15) is 9.59 Å². The number of thiazole rings is 1. The molecule has 0 aromatic carbocycles. The maximum atomic E-state index is 12.7. The lowest BCUT2D eigenvalue weighted by Gasteiger charge is -2.35. The van der Waals surface area contributed by atoms with E-state index in [4.69, 9.17) is 0 Å². The molecule has 0 radical (unpaired) electrons. The van der Waals surface area contributed by atoms with Crippen LogP contribution in [0.4, 0.5) is 4.79 Å². The molecule has 0 unspecified atom stereocenters. The van der Waals surface area contributed by atoms with Crippen LogP contribution in [0, 0.1) is 19.8 Å². The Labute approximate surface area is 153 Å². The van der Waals surface area contributed by atoms with E-state index in [0.29, 0.717) is 6.54 Å². The predicted octanol–water partition coefficient (Wildman–Crippen LogP) is 2.86. The van der Waals surface area contributed by atoms with Crippen LogP contribution in [0.3, 0.4) is 0 Å². The average molecular weight is 365 g/mol. The van der Waals surface area contributed by atoms with Crippen molar-refractivity contribution in [2.75, 3.05) is 26.2 Å². The topological polar surface area (TPSA) is 65.5 Å². The van der Waals surface area contributed by atoms with Crippen LogP contribution in [0.2, 0.25) is 0 Å². The van der Waals surface area contributed by atoms with Gasteiger partial charge in [-0.25, -0.2) is 9.78 Å². The Hall–Kier alpha value is -1.63. The molecule has 3 rings (SSSR count). The summed E-state index contributed by atoms with van der Waals surface area (Å²) in [5.74, 6) is -0.0612. The van der Waals surface area contributed by atoms with Crippen LogP contribution >= 0.6 is 11.3 Å². The van der Waals surface area contributed by atoms with Gasteiger partial charge in [-0.05, 0) is 46.5 Å². The van der Waals surface area contributed by atoms with Gasteiger partial charge in [0.05, 0.1) is 22.7 Å². The number of aryl methyl sites for hydroxylation is 2. The van der Waals surface area contributed by atoms with Gasteiger partial charge in [-0.1, -0.05) is 0 Å². The molecule has 1 aromatic heterocycles. The third-order valence-electron chi connectivity index (χ3n) is 5.13. The van der Waals surface area contributed by atoms with Gasteiger partial charge in [0.25, 0.3) is 0 Å². The summed E-state index contributed by atoms with van der Waals surface area (Å²) in [5, 5.41) is 4.15. The van der Waals surface area contributed by atoms with Crippen molar-refractivity contribution in [2.45, 2.75) is 52.5 Å². The molecule has 2 atom stereocenters. The van der Waals surface area contributed by atoms with Crippen molar-refractivity contribution in [1.82, 2.24) is 20.1 Å². The van der Waals surface area contributed by atoms with Gasteiger partial charge in [-0.2, -0.15) is 0 Å². The van der Waals surface area contributed by atoms with Crippen molar-refractivity contribution < 1.29 is 9.59 Å². The van der Waals surface area contributed by atoms with E-state index < -0.39 is 0 Å². The smallest absolute Gasteiger partial charge is 0.320 e. The molecule has 6 nitrogen and oxygen atoms in total. The molecule has 0 bridgehead atoms. The van der Waals surface area contributed by atoms with Crippen molar-refractivity contribution in [2.24, 2.45) is 5.92 Å². The molecular formula is C18H28N4O2S. The maximum absolute atomic E-state index is 12.7. The van der Waals surface area contributed by atoms with E-state index in [1.165, 1.54) is 0 Å². The molecule has 1 aromatic rings. The Balaban J connectivity index is 1.58. The predicted molar refractivity (Wildman–Crippen MR) is 98.6 cm³/mol. The fourth-order valence-electron chi connectivity index (χ4n) is 3.82. The summed E-state index contributed by atoms with van der Waals surface area (Å²) >= 11 is 1.64. The van der Waals surface area contributed by atoms with Crippen LogP contribution in [0.1, 0.15) is 54.2 Å². The number of aromatic nitrogens is 1. The fourth-order valence-corrected chi connectivity index (χ4v) is 4.75. The van der Waals surface area contributed by atoms with Gasteiger partial charge in [-0.3, -0.25) is 4.79 Å². The normalized spacial score (nSPS) is 22.1. The SMILES string of the molecule is Cc1nc(C)c([C@H](C)NC(=O)[C@H]2CCCN(C(=O)N3CCCC3)C2)s1. The molecule has 2 aliphatic rings. The third kappa shape index (κ3) is 4.14. The second-order valence-corrected chi connectivity index (χ2v) is 8.41. The second-order valence-electron chi connectivity index (χ2n) is 7.17. The van der Waals surface area contributed by atoms with E-state index >= 15 is 0 Å². The standard InChI is InChI=1S/C18H28N4O2S/c1-12-16(25-14(3)19-12)13(2)20-17(23)15-7-6-10-22(11-15)18(24)21-8-4-5-9-21/h13,15H,4-11H2,1-3H3,(H,20,23)/t13-,15-/m0/s1. The number of amides is 3. The summed E-state index contributed by atoms with van der Waals surface area (Å²) in [4.78, 5) is 34.6. The Kier molecular flexibility index (Phi) is 5.61. The van der Waals surface area contributed by atoms with Gasteiger partial charge in [0.1, 0.15) is 0 Å². The summed E-state index contributed by atoms with van der Waals surface area (Å²) < 4.78 is 0. The highest BCUT2D eigenvalue weighted by atomic mass is 32.1. The zero-order chi connectivity index (χ0) is 18.0. The second kappa shape index (κ2) is 7.72. The molecule has 0 aliphatic carbocycles. The highest BCUT2D eigenvalue weighted by molar-refractivity contribution is 7.11. The fraction of sp³-hybridized carbons (Fsp3) is 0.722. The summed E-state index contributed by atoms with van der Waals surface area (Å²) in [6.45, 7) is 8.99. The monoisotopic (exact) mass is 364 g/mol. The first-order valence-corrected chi connectivity index (χ1v) is 10.1. The van der Waals surface area contributed by atoms with Gasteiger partial charge in [0.15, 0.2) is 0 Å². The lowest BCUT2D eigenvalue weighted by Crippen LogP contribution is -2.49. The van der Waals surface area contributed by atoms with Crippen LogP contribution in [-0.4, -0.2) is 52.9 Å². The number of rotatable bonds is 3. The van der Waals surface area contributed by atoms with Gasteiger partial charge in [0.2, 0.25) is 5.91 Å². The minimum absolute atomic E-state index is 0.0386. The Morgan fingerprint density at radius 1 is 1.16 bits per heavy atom. The first kappa shape index (κ1) is 18.2. The Morgan fingerprint density at radius 3 is 2.48 bits per heavy atom.